The van der Waals surface area contributed by atoms with Crippen LogP contribution in [0.3, 0.4) is 0 Å². The molecule has 0 saturated heterocycles. The Kier molecular flexibility index (Phi) is 11.2. The first-order valence-electron chi connectivity index (χ1n) is 12.4. The molecule has 0 radical (unpaired) electrons. The Labute approximate surface area is 220 Å². The van der Waals surface area contributed by atoms with Gasteiger partial charge in [0.05, 0.1) is 26.2 Å². The summed E-state index contributed by atoms with van der Waals surface area (Å²) in [4.78, 5) is 28.3. The molecule has 2 rings (SSSR count). The van der Waals surface area contributed by atoms with Crippen molar-refractivity contribution in [3.05, 3.63) is 54.1 Å². The Morgan fingerprint density at radius 3 is 2.16 bits per heavy atom. The summed E-state index contributed by atoms with van der Waals surface area (Å²) in [6.45, 7) is 5.52. The zero-order chi connectivity index (χ0) is 27.6. The first-order chi connectivity index (χ1) is 17.5. The van der Waals surface area contributed by atoms with Gasteiger partial charge in [-0.15, -0.1) is 0 Å². The largest absolute Gasteiger partial charge is 0.493 e. The average molecular weight is 534 g/mol. The lowest BCUT2D eigenvalue weighted by Gasteiger charge is -2.33. The fraction of sp³-hybridized carbons (Fsp3) is 0.481. The van der Waals surface area contributed by atoms with Gasteiger partial charge in [0.25, 0.3) is 0 Å². The fourth-order valence-electron chi connectivity index (χ4n) is 3.93. The second-order valence-electron chi connectivity index (χ2n) is 8.87. The van der Waals surface area contributed by atoms with Gasteiger partial charge in [0.15, 0.2) is 11.5 Å². The fourth-order valence-corrected chi connectivity index (χ4v) is 4.77. The van der Waals surface area contributed by atoms with Crippen LogP contribution in [0, 0.1) is 0 Å². The van der Waals surface area contributed by atoms with E-state index in [-0.39, 0.29) is 24.2 Å². The Morgan fingerprint density at radius 2 is 1.62 bits per heavy atom. The number of rotatable bonds is 14. The molecule has 0 bridgehead atoms. The van der Waals surface area contributed by atoms with Crippen molar-refractivity contribution < 1.29 is 27.5 Å². The van der Waals surface area contributed by atoms with Crippen molar-refractivity contribution in [3.63, 3.8) is 0 Å². The molecule has 0 heterocycles. The lowest BCUT2D eigenvalue weighted by atomic mass is 10.1. The molecule has 10 heteroatoms. The smallest absolute Gasteiger partial charge is 0.244 e. The summed E-state index contributed by atoms with van der Waals surface area (Å²) in [5, 5.41) is 2.96. The third-order valence-corrected chi connectivity index (χ3v) is 7.35. The number of carbonyl (C=O) groups is 2. The molecule has 2 amide bonds. The topological polar surface area (TPSA) is 105 Å². The van der Waals surface area contributed by atoms with Crippen LogP contribution in [0.25, 0.3) is 0 Å². The number of benzene rings is 2. The molecule has 9 nitrogen and oxygen atoms in total. The van der Waals surface area contributed by atoms with Crippen molar-refractivity contribution in [3.8, 4) is 11.5 Å². The number of methoxy groups -OCH3 is 2. The maximum absolute atomic E-state index is 13.7. The number of hydrogen-bond donors (Lipinski definition) is 1. The Bertz CT molecular complexity index is 1140. The molecule has 0 aromatic heterocycles. The molecular weight excluding hydrogens is 494 g/mol. The van der Waals surface area contributed by atoms with E-state index < -0.39 is 28.5 Å². The molecule has 2 aromatic carbocycles. The number of ether oxygens (including phenoxy) is 2. The van der Waals surface area contributed by atoms with Gasteiger partial charge < -0.3 is 19.7 Å². The standard InChI is InChI=1S/C27H39N3O6S/c1-7-20(3)28-27(32)23(8-2)29(17-16-21-12-10-9-11-13-21)26(31)19-30(37(6,33)34)22-14-15-24(35-4)25(18-22)36-5/h9-15,18,20,23H,7-8,16-17,19H2,1-6H3,(H,28,32)/t20-,23-/m0/s1. The monoisotopic (exact) mass is 533 g/mol. The first-order valence-corrected chi connectivity index (χ1v) is 14.2. The minimum absolute atomic E-state index is 0.0492. The summed E-state index contributed by atoms with van der Waals surface area (Å²) in [6.07, 6.45) is 2.70. The van der Waals surface area contributed by atoms with Gasteiger partial charge in [-0.2, -0.15) is 0 Å². The normalized spacial score (nSPS) is 12.8. The second-order valence-corrected chi connectivity index (χ2v) is 10.8. The number of anilines is 1. The van der Waals surface area contributed by atoms with Crippen molar-refractivity contribution in [2.45, 2.75) is 52.1 Å². The van der Waals surface area contributed by atoms with Crippen LogP contribution in [0.2, 0.25) is 0 Å². The zero-order valence-corrected chi connectivity index (χ0v) is 23.4. The minimum Gasteiger partial charge on any atom is -0.493 e. The molecule has 2 aromatic rings. The molecule has 0 fully saturated rings. The van der Waals surface area contributed by atoms with Gasteiger partial charge in [-0.05, 0) is 43.9 Å². The van der Waals surface area contributed by atoms with Crippen LogP contribution in [-0.2, 0) is 26.0 Å². The lowest BCUT2D eigenvalue weighted by molar-refractivity contribution is -0.139. The van der Waals surface area contributed by atoms with E-state index in [9.17, 15) is 18.0 Å². The Hall–Kier alpha value is -3.27. The van der Waals surface area contributed by atoms with Crippen molar-refractivity contribution in [1.29, 1.82) is 0 Å². The minimum atomic E-state index is -3.84. The summed E-state index contributed by atoms with van der Waals surface area (Å²) >= 11 is 0. The molecule has 0 aliphatic carbocycles. The number of nitrogens with one attached hydrogen (secondary N) is 1. The van der Waals surface area contributed by atoms with Gasteiger partial charge in [-0.3, -0.25) is 13.9 Å². The molecule has 1 N–H and O–H groups in total. The molecule has 2 atom stereocenters. The van der Waals surface area contributed by atoms with E-state index in [1.807, 2.05) is 51.1 Å². The quantitative estimate of drug-likeness (QED) is 0.400. The van der Waals surface area contributed by atoms with Gasteiger partial charge in [-0.1, -0.05) is 44.2 Å². The number of amides is 2. The number of hydrogen-bond acceptors (Lipinski definition) is 6. The first kappa shape index (κ1) is 30.0. The Balaban J connectivity index is 2.41. The van der Waals surface area contributed by atoms with E-state index in [2.05, 4.69) is 5.32 Å². The SMILES string of the molecule is CC[C@H](C)NC(=O)[C@H](CC)N(CCc1ccccc1)C(=O)CN(c1ccc(OC)c(OC)c1)S(C)(=O)=O. The number of nitrogens with zero attached hydrogens (tertiary/aromatic N) is 2. The third kappa shape index (κ3) is 8.38. The van der Waals surface area contributed by atoms with Crippen molar-refractivity contribution in [1.82, 2.24) is 10.2 Å². The Morgan fingerprint density at radius 1 is 0.973 bits per heavy atom. The van der Waals surface area contributed by atoms with Crippen LogP contribution in [0.1, 0.15) is 39.2 Å². The summed E-state index contributed by atoms with van der Waals surface area (Å²) in [7, 11) is -0.914. The van der Waals surface area contributed by atoms with E-state index >= 15 is 0 Å². The van der Waals surface area contributed by atoms with Gasteiger partial charge >= 0.3 is 0 Å². The molecule has 0 spiro atoms. The van der Waals surface area contributed by atoms with Crippen LogP contribution in [-0.4, -0.2) is 70.8 Å². The van der Waals surface area contributed by atoms with Crippen molar-refractivity contribution in [2.24, 2.45) is 0 Å². The highest BCUT2D eigenvalue weighted by molar-refractivity contribution is 7.92. The molecule has 37 heavy (non-hydrogen) atoms. The number of sulfonamides is 1. The summed E-state index contributed by atoms with van der Waals surface area (Å²) in [5.41, 5.74) is 1.27. The average Bonchev–Trinajstić information content (AvgIpc) is 2.88. The van der Waals surface area contributed by atoms with Gasteiger partial charge in [0.1, 0.15) is 12.6 Å². The second kappa shape index (κ2) is 13.9. The van der Waals surface area contributed by atoms with Gasteiger partial charge in [0, 0.05) is 18.7 Å². The summed E-state index contributed by atoms with van der Waals surface area (Å²) in [6, 6.07) is 13.5. The van der Waals surface area contributed by atoms with Crippen LogP contribution < -0.4 is 19.1 Å². The molecular formula is C27H39N3O6S. The maximum Gasteiger partial charge on any atom is 0.244 e. The summed E-state index contributed by atoms with van der Waals surface area (Å²) in [5.74, 6) is 0.0438. The molecule has 204 valence electrons. The van der Waals surface area contributed by atoms with Crippen LogP contribution in [0.15, 0.2) is 48.5 Å². The highest BCUT2D eigenvalue weighted by atomic mass is 32.2. The molecule has 0 aliphatic heterocycles. The van der Waals surface area contributed by atoms with E-state index in [4.69, 9.17) is 9.47 Å². The predicted molar refractivity (Wildman–Crippen MR) is 146 cm³/mol. The van der Waals surface area contributed by atoms with Crippen LogP contribution >= 0.6 is 0 Å². The van der Waals surface area contributed by atoms with Crippen molar-refractivity contribution >= 4 is 27.5 Å². The highest BCUT2D eigenvalue weighted by Gasteiger charge is 2.32. The van der Waals surface area contributed by atoms with Crippen LogP contribution in [0.4, 0.5) is 5.69 Å². The maximum atomic E-state index is 13.7. The van der Waals surface area contributed by atoms with E-state index in [1.54, 1.807) is 12.1 Å². The summed E-state index contributed by atoms with van der Waals surface area (Å²) < 4.78 is 37.2. The molecule has 0 aliphatic rings. The molecule has 0 saturated carbocycles. The van der Waals surface area contributed by atoms with Gasteiger partial charge in [0.2, 0.25) is 21.8 Å². The van der Waals surface area contributed by atoms with E-state index in [0.717, 1.165) is 22.5 Å². The number of carbonyl (C=O) groups excluding carboxylic acids is 2. The van der Waals surface area contributed by atoms with E-state index in [0.29, 0.717) is 24.3 Å². The lowest BCUT2D eigenvalue weighted by Crippen LogP contribution is -2.54. The van der Waals surface area contributed by atoms with Crippen molar-refractivity contribution in [2.75, 3.05) is 37.9 Å². The molecule has 0 unspecified atom stereocenters. The zero-order valence-electron chi connectivity index (χ0n) is 22.6. The highest BCUT2D eigenvalue weighted by Crippen LogP contribution is 2.32. The van der Waals surface area contributed by atoms with Gasteiger partial charge in [-0.25, -0.2) is 8.42 Å². The van der Waals surface area contributed by atoms with Crippen LogP contribution in [0.5, 0.6) is 11.5 Å². The van der Waals surface area contributed by atoms with E-state index in [1.165, 1.54) is 25.2 Å². The predicted octanol–water partition coefficient (Wildman–Crippen LogP) is 3.23. The third-order valence-electron chi connectivity index (χ3n) is 6.21.